The Morgan fingerprint density at radius 3 is 3.07 bits per heavy atom. The van der Waals surface area contributed by atoms with Crippen LogP contribution in [0.5, 0.6) is 0 Å². The van der Waals surface area contributed by atoms with Crippen LogP contribution in [0.15, 0.2) is 6.07 Å². The zero-order valence-electron chi connectivity index (χ0n) is 9.29. The van der Waals surface area contributed by atoms with E-state index in [4.69, 9.17) is 0 Å². The zero-order valence-corrected chi connectivity index (χ0v) is 9.29. The summed E-state index contributed by atoms with van der Waals surface area (Å²) in [7, 11) is 0. The lowest BCUT2D eigenvalue weighted by molar-refractivity contribution is 0.101. The van der Waals surface area contributed by atoms with Crippen molar-refractivity contribution in [2.75, 3.05) is 19.6 Å². The van der Waals surface area contributed by atoms with Gasteiger partial charge in [-0.15, -0.1) is 0 Å². The number of ketones is 1. The largest absolute Gasteiger partial charge is 0.303 e. The van der Waals surface area contributed by atoms with Crippen molar-refractivity contribution in [3.05, 3.63) is 17.5 Å². The van der Waals surface area contributed by atoms with Crippen molar-refractivity contribution in [3.8, 4) is 0 Å². The smallest absolute Gasteiger partial charge is 0.179 e. The summed E-state index contributed by atoms with van der Waals surface area (Å²) in [5.74, 6) is 0.549. The van der Waals surface area contributed by atoms with Crippen LogP contribution in [0.3, 0.4) is 0 Å². The van der Waals surface area contributed by atoms with Crippen LogP contribution in [0.4, 0.5) is 0 Å². The molecule has 0 aromatic carbocycles. The Labute approximate surface area is 89.7 Å². The van der Waals surface area contributed by atoms with Gasteiger partial charge >= 0.3 is 0 Å². The first-order valence-corrected chi connectivity index (χ1v) is 5.49. The second-order valence-electron chi connectivity index (χ2n) is 4.14. The number of rotatable bonds is 3. The Kier molecular flexibility index (Phi) is 2.86. The lowest BCUT2D eigenvalue weighted by Gasteiger charge is -2.11. The molecule has 82 valence electrons. The molecule has 1 aliphatic rings. The van der Waals surface area contributed by atoms with Gasteiger partial charge in [0.1, 0.15) is 5.69 Å². The molecule has 1 aromatic heterocycles. The van der Waals surface area contributed by atoms with E-state index >= 15 is 0 Å². The van der Waals surface area contributed by atoms with Crippen LogP contribution in [0.2, 0.25) is 0 Å². The number of carbonyl (C=O) groups is 1. The second-order valence-corrected chi connectivity index (χ2v) is 4.14. The first kappa shape index (κ1) is 10.4. The molecule has 1 atom stereocenters. The molecule has 0 saturated carbocycles. The van der Waals surface area contributed by atoms with E-state index in [1.807, 2.05) is 6.07 Å². The van der Waals surface area contributed by atoms with E-state index in [-0.39, 0.29) is 5.78 Å². The van der Waals surface area contributed by atoms with Gasteiger partial charge in [0.25, 0.3) is 0 Å². The average molecular weight is 207 g/mol. The summed E-state index contributed by atoms with van der Waals surface area (Å²) >= 11 is 0. The maximum Gasteiger partial charge on any atom is 0.179 e. The van der Waals surface area contributed by atoms with Crippen LogP contribution in [0.1, 0.15) is 42.4 Å². The van der Waals surface area contributed by atoms with Crippen LogP contribution in [0, 0.1) is 0 Å². The number of Topliss-reactive ketones (excluding diaryl/α,β-unsaturated/α-hetero) is 1. The summed E-state index contributed by atoms with van der Waals surface area (Å²) in [5, 5.41) is 6.99. The molecular weight excluding hydrogens is 190 g/mol. The van der Waals surface area contributed by atoms with Crippen molar-refractivity contribution in [2.24, 2.45) is 0 Å². The van der Waals surface area contributed by atoms with Gasteiger partial charge in [0.05, 0.1) is 0 Å². The topological polar surface area (TPSA) is 49.0 Å². The number of nitrogens with zero attached hydrogens (tertiary/aromatic N) is 2. The maximum atomic E-state index is 11.1. The van der Waals surface area contributed by atoms with Crippen LogP contribution in [0.25, 0.3) is 0 Å². The van der Waals surface area contributed by atoms with Crippen molar-refractivity contribution in [1.29, 1.82) is 0 Å². The van der Waals surface area contributed by atoms with E-state index in [1.54, 1.807) is 6.92 Å². The van der Waals surface area contributed by atoms with Gasteiger partial charge in [0.15, 0.2) is 5.78 Å². The first-order valence-electron chi connectivity index (χ1n) is 5.49. The average Bonchev–Trinajstić information content (AvgIpc) is 2.86. The monoisotopic (exact) mass is 207 g/mol. The van der Waals surface area contributed by atoms with Crippen molar-refractivity contribution in [3.63, 3.8) is 0 Å². The third kappa shape index (κ3) is 2.09. The summed E-state index contributed by atoms with van der Waals surface area (Å²) in [6, 6.07) is 1.90. The lowest BCUT2D eigenvalue weighted by Crippen LogP contribution is -2.19. The van der Waals surface area contributed by atoms with Gasteiger partial charge in [-0.05, 0) is 25.6 Å². The molecule has 0 radical (unpaired) electrons. The van der Waals surface area contributed by atoms with Crippen LogP contribution < -0.4 is 0 Å². The van der Waals surface area contributed by atoms with Gasteiger partial charge in [0, 0.05) is 25.1 Å². The van der Waals surface area contributed by atoms with Crippen molar-refractivity contribution in [1.82, 2.24) is 15.1 Å². The molecular formula is C11H17N3O. The summed E-state index contributed by atoms with van der Waals surface area (Å²) in [4.78, 5) is 13.5. The number of nitrogens with one attached hydrogen (secondary N) is 1. The lowest BCUT2D eigenvalue weighted by atomic mass is 10.0. The van der Waals surface area contributed by atoms with Crippen LogP contribution in [-0.4, -0.2) is 40.5 Å². The number of aromatic amines is 1. The number of likely N-dealkylation sites (N-methyl/N-ethyl adjacent to an activating group) is 1. The van der Waals surface area contributed by atoms with E-state index < -0.39 is 0 Å². The highest BCUT2D eigenvalue weighted by molar-refractivity contribution is 5.92. The molecule has 1 N–H and O–H groups in total. The minimum absolute atomic E-state index is 0.0304. The first-order chi connectivity index (χ1) is 7.20. The standard InChI is InChI=1S/C11H17N3O/c1-3-14-5-4-9(7-14)11-6-10(8(2)15)12-13-11/h6,9H,3-5,7H2,1-2H3,(H,12,13). The van der Waals surface area contributed by atoms with Crippen molar-refractivity contribution < 1.29 is 4.79 Å². The van der Waals surface area contributed by atoms with Gasteiger partial charge in [0.2, 0.25) is 0 Å². The molecule has 1 fully saturated rings. The van der Waals surface area contributed by atoms with E-state index in [0.717, 1.165) is 31.7 Å². The van der Waals surface area contributed by atoms with E-state index in [1.165, 1.54) is 0 Å². The number of aromatic nitrogens is 2. The van der Waals surface area contributed by atoms with Gasteiger partial charge in [-0.2, -0.15) is 5.10 Å². The summed E-state index contributed by atoms with van der Waals surface area (Å²) < 4.78 is 0. The number of likely N-dealkylation sites (tertiary alicyclic amines) is 1. The molecule has 1 saturated heterocycles. The second kappa shape index (κ2) is 4.14. The third-order valence-electron chi connectivity index (χ3n) is 3.12. The minimum Gasteiger partial charge on any atom is -0.303 e. The van der Waals surface area contributed by atoms with Crippen LogP contribution >= 0.6 is 0 Å². The van der Waals surface area contributed by atoms with Gasteiger partial charge < -0.3 is 4.90 Å². The predicted octanol–water partition coefficient (Wildman–Crippen LogP) is 1.42. The molecule has 0 amide bonds. The SMILES string of the molecule is CCN1CCC(c2cc(C(C)=O)n[nH]2)C1. The summed E-state index contributed by atoms with van der Waals surface area (Å²) in [6.45, 7) is 7.05. The predicted molar refractivity (Wildman–Crippen MR) is 58.1 cm³/mol. The Balaban J connectivity index is 2.07. The molecule has 2 rings (SSSR count). The molecule has 0 bridgehead atoms. The molecule has 4 heteroatoms. The number of carbonyl (C=O) groups excluding carboxylic acids is 1. The highest BCUT2D eigenvalue weighted by Crippen LogP contribution is 2.25. The molecule has 1 aromatic rings. The van der Waals surface area contributed by atoms with Crippen LogP contribution in [-0.2, 0) is 0 Å². The molecule has 15 heavy (non-hydrogen) atoms. The molecule has 2 heterocycles. The summed E-state index contributed by atoms with van der Waals surface area (Å²) in [6.07, 6.45) is 1.16. The van der Waals surface area contributed by atoms with Crippen molar-refractivity contribution >= 4 is 5.78 Å². The Hall–Kier alpha value is -1.16. The highest BCUT2D eigenvalue weighted by Gasteiger charge is 2.24. The van der Waals surface area contributed by atoms with Crippen molar-refractivity contribution in [2.45, 2.75) is 26.2 Å². The Morgan fingerprint density at radius 2 is 2.53 bits per heavy atom. The molecule has 1 aliphatic heterocycles. The fourth-order valence-corrected chi connectivity index (χ4v) is 2.10. The fraction of sp³-hybridized carbons (Fsp3) is 0.636. The molecule has 4 nitrogen and oxygen atoms in total. The zero-order chi connectivity index (χ0) is 10.8. The number of hydrogen-bond acceptors (Lipinski definition) is 3. The maximum absolute atomic E-state index is 11.1. The number of hydrogen-bond donors (Lipinski definition) is 1. The fourth-order valence-electron chi connectivity index (χ4n) is 2.10. The third-order valence-corrected chi connectivity index (χ3v) is 3.12. The molecule has 0 spiro atoms. The molecule has 0 aliphatic carbocycles. The van der Waals surface area contributed by atoms with Gasteiger partial charge in [-0.3, -0.25) is 9.89 Å². The van der Waals surface area contributed by atoms with E-state index in [0.29, 0.717) is 11.6 Å². The highest BCUT2D eigenvalue weighted by atomic mass is 16.1. The quantitative estimate of drug-likeness (QED) is 0.763. The van der Waals surface area contributed by atoms with E-state index in [2.05, 4.69) is 22.0 Å². The minimum atomic E-state index is 0.0304. The van der Waals surface area contributed by atoms with E-state index in [9.17, 15) is 4.79 Å². The number of H-pyrrole nitrogens is 1. The Bertz CT molecular complexity index is 358. The Morgan fingerprint density at radius 1 is 1.73 bits per heavy atom. The molecule has 1 unspecified atom stereocenters. The summed E-state index contributed by atoms with van der Waals surface area (Å²) in [5.41, 5.74) is 1.66. The van der Waals surface area contributed by atoms with Gasteiger partial charge in [-0.25, -0.2) is 0 Å². The normalized spacial score (nSPS) is 22.1. The van der Waals surface area contributed by atoms with Gasteiger partial charge in [-0.1, -0.05) is 6.92 Å².